The number of benzene rings is 2. The van der Waals surface area contributed by atoms with E-state index < -0.39 is 0 Å². The predicted molar refractivity (Wildman–Crippen MR) is 109 cm³/mol. The molecule has 5 heteroatoms. The molecule has 0 aromatic heterocycles. The lowest BCUT2D eigenvalue weighted by molar-refractivity contribution is 0.292. The van der Waals surface area contributed by atoms with Crippen LogP contribution in [0.25, 0.3) is 0 Å². The lowest BCUT2D eigenvalue weighted by atomic mass is 10.0. The minimum atomic E-state index is -0.0751. The fourth-order valence-corrected chi connectivity index (χ4v) is 3.79. The quantitative estimate of drug-likeness (QED) is 0.797. The molecule has 0 radical (unpaired) electrons. The number of fused-ring (bicyclic) bond motifs is 1. The van der Waals surface area contributed by atoms with E-state index in [1.165, 1.54) is 12.8 Å². The van der Waals surface area contributed by atoms with Gasteiger partial charge in [-0.3, -0.25) is 9.89 Å². The third-order valence-electron chi connectivity index (χ3n) is 4.92. The summed E-state index contributed by atoms with van der Waals surface area (Å²) in [5.41, 5.74) is 3.96. The molecule has 0 N–H and O–H groups in total. The summed E-state index contributed by atoms with van der Waals surface area (Å²) in [6, 6.07) is 16.2. The van der Waals surface area contributed by atoms with Gasteiger partial charge in [0.15, 0.2) is 6.17 Å². The van der Waals surface area contributed by atoms with Gasteiger partial charge in [-0.05, 0) is 31.0 Å². The number of rotatable bonds is 2. The van der Waals surface area contributed by atoms with Gasteiger partial charge in [0, 0.05) is 43.3 Å². The van der Waals surface area contributed by atoms with E-state index in [9.17, 15) is 0 Å². The number of likely N-dealkylation sites (N-methyl/N-ethyl adjacent to an activating group) is 1. The van der Waals surface area contributed by atoms with Crippen LogP contribution in [-0.4, -0.2) is 54.7 Å². The Balaban J connectivity index is 1.93. The van der Waals surface area contributed by atoms with Gasteiger partial charge in [-0.2, -0.15) is 0 Å². The summed E-state index contributed by atoms with van der Waals surface area (Å²) in [6.07, 6.45) is 2.35. The molecule has 0 aliphatic carbocycles. The first-order valence-corrected chi connectivity index (χ1v) is 9.44. The SMILES string of the molecule is CN(C)C1=Nc2ccc(Cl)cc2C(c2ccccc2)=NC1N1CCCC1. The highest BCUT2D eigenvalue weighted by atomic mass is 35.5. The van der Waals surface area contributed by atoms with Gasteiger partial charge in [0.1, 0.15) is 5.84 Å². The molecule has 4 rings (SSSR count). The second-order valence-corrected chi connectivity index (χ2v) is 7.42. The Morgan fingerprint density at radius 3 is 2.46 bits per heavy atom. The number of amidine groups is 1. The maximum atomic E-state index is 6.32. The van der Waals surface area contributed by atoms with Gasteiger partial charge >= 0.3 is 0 Å². The van der Waals surface area contributed by atoms with Crippen molar-refractivity contribution in [2.24, 2.45) is 9.98 Å². The maximum Gasteiger partial charge on any atom is 0.161 e. The lowest BCUT2D eigenvalue weighted by Crippen LogP contribution is -2.44. The van der Waals surface area contributed by atoms with Crippen molar-refractivity contribution in [2.75, 3.05) is 27.2 Å². The molecular weight excluding hydrogens is 344 g/mol. The van der Waals surface area contributed by atoms with Gasteiger partial charge in [-0.15, -0.1) is 0 Å². The molecule has 2 heterocycles. The highest BCUT2D eigenvalue weighted by Crippen LogP contribution is 2.31. The summed E-state index contributed by atoms with van der Waals surface area (Å²) in [4.78, 5) is 14.7. The van der Waals surface area contributed by atoms with E-state index in [2.05, 4.69) is 21.9 Å². The Kier molecular flexibility index (Phi) is 4.79. The van der Waals surface area contributed by atoms with Crippen LogP contribution in [-0.2, 0) is 0 Å². The lowest BCUT2D eigenvalue weighted by Gasteiger charge is -2.28. The van der Waals surface area contributed by atoms with E-state index in [0.29, 0.717) is 5.02 Å². The number of likely N-dealkylation sites (tertiary alicyclic amines) is 1. The Hall–Kier alpha value is -2.17. The molecule has 4 nitrogen and oxygen atoms in total. The molecule has 1 saturated heterocycles. The summed E-state index contributed by atoms with van der Waals surface area (Å²) in [5, 5.41) is 0.702. The van der Waals surface area contributed by atoms with Crippen molar-refractivity contribution in [1.82, 2.24) is 9.80 Å². The van der Waals surface area contributed by atoms with Crippen molar-refractivity contribution >= 4 is 28.8 Å². The first-order chi connectivity index (χ1) is 12.6. The van der Waals surface area contributed by atoms with Crippen molar-refractivity contribution in [1.29, 1.82) is 0 Å². The third kappa shape index (κ3) is 3.27. The fourth-order valence-electron chi connectivity index (χ4n) is 3.61. The van der Waals surface area contributed by atoms with Crippen molar-refractivity contribution in [3.63, 3.8) is 0 Å². The minimum Gasteiger partial charge on any atom is -0.363 e. The number of aliphatic imine (C=N–C) groups is 2. The Morgan fingerprint density at radius 1 is 1.04 bits per heavy atom. The number of hydrogen-bond donors (Lipinski definition) is 0. The molecule has 134 valence electrons. The number of hydrogen-bond acceptors (Lipinski definition) is 4. The molecule has 2 aromatic carbocycles. The third-order valence-corrected chi connectivity index (χ3v) is 5.16. The van der Waals surface area contributed by atoms with Gasteiger partial charge in [-0.25, -0.2) is 4.99 Å². The summed E-state index contributed by atoms with van der Waals surface area (Å²) in [5.74, 6) is 0.974. The first kappa shape index (κ1) is 17.3. The zero-order valence-electron chi connectivity index (χ0n) is 15.2. The van der Waals surface area contributed by atoms with Crippen molar-refractivity contribution in [2.45, 2.75) is 19.0 Å². The Labute approximate surface area is 159 Å². The summed E-state index contributed by atoms with van der Waals surface area (Å²) < 4.78 is 0. The van der Waals surface area contributed by atoms with E-state index in [-0.39, 0.29) is 6.17 Å². The van der Waals surface area contributed by atoms with Gasteiger partial charge < -0.3 is 4.90 Å². The van der Waals surface area contributed by atoms with Crippen LogP contribution in [0.15, 0.2) is 58.5 Å². The van der Waals surface area contributed by atoms with Crippen LogP contribution in [0, 0.1) is 0 Å². The first-order valence-electron chi connectivity index (χ1n) is 9.06. The highest BCUT2D eigenvalue weighted by molar-refractivity contribution is 6.31. The molecule has 0 amide bonds. The van der Waals surface area contributed by atoms with Crippen molar-refractivity contribution in [3.8, 4) is 0 Å². The molecule has 0 bridgehead atoms. The zero-order valence-corrected chi connectivity index (χ0v) is 15.9. The van der Waals surface area contributed by atoms with Crippen LogP contribution in [0.1, 0.15) is 24.0 Å². The van der Waals surface area contributed by atoms with E-state index >= 15 is 0 Å². The van der Waals surface area contributed by atoms with Gasteiger partial charge in [0.05, 0.1) is 11.4 Å². The number of halogens is 1. The summed E-state index contributed by atoms with van der Waals surface area (Å²) in [6.45, 7) is 2.11. The van der Waals surface area contributed by atoms with Gasteiger partial charge in [0.2, 0.25) is 0 Å². The van der Waals surface area contributed by atoms with Gasteiger partial charge in [0.25, 0.3) is 0 Å². The average Bonchev–Trinajstić information content (AvgIpc) is 3.12. The standard InChI is InChI=1S/C21H23ClN4/c1-25(2)20-21(26-12-6-7-13-26)24-19(15-8-4-3-5-9-15)17-14-16(22)10-11-18(17)23-20/h3-5,8-11,14,21H,6-7,12-13H2,1-2H3. The molecule has 2 aromatic rings. The molecule has 1 unspecified atom stereocenters. The van der Waals surface area contributed by atoms with Crippen LogP contribution >= 0.6 is 11.6 Å². The molecular formula is C21H23ClN4. The normalized spacial score (nSPS) is 20.2. The average molecular weight is 367 g/mol. The van der Waals surface area contributed by atoms with Crippen LogP contribution in [0.4, 0.5) is 5.69 Å². The van der Waals surface area contributed by atoms with E-state index in [1.54, 1.807) is 0 Å². The van der Waals surface area contributed by atoms with Gasteiger partial charge in [-0.1, -0.05) is 41.9 Å². The van der Waals surface area contributed by atoms with Crippen molar-refractivity contribution in [3.05, 3.63) is 64.7 Å². The Bertz CT molecular complexity index is 852. The maximum absolute atomic E-state index is 6.32. The van der Waals surface area contributed by atoms with Crippen molar-refractivity contribution < 1.29 is 0 Å². The molecule has 0 saturated carbocycles. The molecule has 2 aliphatic rings. The molecule has 0 spiro atoms. The van der Waals surface area contributed by atoms with E-state index in [1.807, 2.05) is 50.5 Å². The van der Waals surface area contributed by atoms with Crippen LogP contribution in [0.3, 0.4) is 0 Å². The largest absolute Gasteiger partial charge is 0.363 e. The summed E-state index contributed by atoms with van der Waals surface area (Å²) in [7, 11) is 4.08. The summed E-state index contributed by atoms with van der Waals surface area (Å²) >= 11 is 6.32. The Morgan fingerprint density at radius 2 is 1.77 bits per heavy atom. The topological polar surface area (TPSA) is 31.2 Å². The molecule has 2 aliphatic heterocycles. The zero-order chi connectivity index (χ0) is 18.1. The van der Waals surface area contributed by atoms with Crippen LogP contribution in [0.5, 0.6) is 0 Å². The van der Waals surface area contributed by atoms with Crippen LogP contribution in [0.2, 0.25) is 5.02 Å². The minimum absolute atomic E-state index is 0.0751. The highest BCUT2D eigenvalue weighted by Gasteiger charge is 2.31. The van der Waals surface area contributed by atoms with E-state index in [0.717, 1.165) is 41.5 Å². The van der Waals surface area contributed by atoms with E-state index in [4.69, 9.17) is 21.6 Å². The van der Waals surface area contributed by atoms with Crippen LogP contribution < -0.4 is 0 Å². The fraction of sp³-hybridized carbons (Fsp3) is 0.333. The number of nitrogens with zero attached hydrogens (tertiary/aromatic N) is 4. The monoisotopic (exact) mass is 366 g/mol. The molecule has 1 fully saturated rings. The second-order valence-electron chi connectivity index (χ2n) is 6.99. The molecule has 26 heavy (non-hydrogen) atoms. The molecule has 1 atom stereocenters. The predicted octanol–water partition coefficient (Wildman–Crippen LogP) is 4.20. The second kappa shape index (κ2) is 7.22. The smallest absolute Gasteiger partial charge is 0.161 e.